The summed E-state index contributed by atoms with van der Waals surface area (Å²) in [6, 6.07) is 19.9. The summed E-state index contributed by atoms with van der Waals surface area (Å²) in [5.41, 5.74) is 3.87. The first kappa shape index (κ1) is 23.5. The van der Waals surface area contributed by atoms with Gasteiger partial charge in [0, 0.05) is 12.6 Å². The quantitative estimate of drug-likeness (QED) is 0.287. The number of methoxy groups -OCH3 is 1. The maximum absolute atomic E-state index is 12.9. The molecule has 4 rings (SSSR count). The third-order valence-electron chi connectivity index (χ3n) is 5.18. The Morgan fingerprint density at radius 1 is 1.03 bits per heavy atom. The summed E-state index contributed by atoms with van der Waals surface area (Å²) in [6.45, 7) is 0.319. The number of hydrogen-bond acceptors (Lipinski definition) is 6. The van der Waals surface area contributed by atoms with E-state index >= 15 is 0 Å². The molecule has 2 heterocycles. The van der Waals surface area contributed by atoms with Gasteiger partial charge in [-0.1, -0.05) is 24.3 Å². The summed E-state index contributed by atoms with van der Waals surface area (Å²) in [7, 11) is 1.54. The molecule has 4 aromatic rings. The van der Waals surface area contributed by atoms with Crippen LogP contribution in [0.25, 0.3) is 22.5 Å². The van der Waals surface area contributed by atoms with Crippen LogP contribution in [-0.4, -0.2) is 45.9 Å². The predicted molar refractivity (Wildman–Crippen MR) is 131 cm³/mol. The van der Waals surface area contributed by atoms with Crippen molar-refractivity contribution in [3.05, 3.63) is 78.6 Å². The molecule has 0 aliphatic heterocycles. The van der Waals surface area contributed by atoms with Crippen molar-refractivity contribution in [3.8, 4) is 34.0 Å². The van der Waals surface area contributed by atoms with Crippen molar-refractivity contribution in [1.82, 2.24) is 15.2 Å². The Morgan fingerprint density at radius 3 is 2.63 bits per heavy atom. The van der Waals surface area contributed by atoms with E-state index < -0.39 is 5.97 Å². The number of nitrogens with one attached hydrogen (secondary N) is 2. The smallest absolute Gasteiger partial charge is 0.303 e. The van der Waals surface area contributed by atoms with Gasteiger partial charge in [-0.05, 0) is 60.0 Å². The van der Waals surface area contributed by atoms with Gasteiger partial charge in [-0.15, -0.1) is 0 Å². The molecule has 0 bridgehead atoms. The van der Waals surface area contributed by atoms with Gasteiger partial charge in [-0.2, -0.15) is 5.10 Å². The highest BCUT2D eigenvalue weighted by molar-refractivity contribution is 6.04. The van der Waals surface area contributed by atoms with Crippen LogP contribution in [0.5, 0.6) is 11.5 Å². The number of amides is 1. The second-order valence-corrected chi connectivity index (χ2v) is 7.62. The maximum Gasteiger partial charge on any atom is 0.303 e. The molecular weight excluding hydrogens is 448 g/mol. The Hall–Kier alpha value is -4.66. The second-order valence-electron chi connectivity index (χ2n) is 7.62. The van der Waals surface area contributed by atoms with Crippen molar-refractivity contribution in [3.63, 3.8) is 0 Å². The zero-order valence-corrected chi connectivity index (χ0v) is 19.0. The van der Waals surface area contributed by atoms with E-state index in [4.69, 9.17) is 14.6 Å². The minimum atomic E-state index is -0.845. The number of carbonyl (C=O) groups is 2. The number of ether oxygens (including phenoxy) is 2. The summed E-state index contributed by atoms with van der Waals surface area (Å²) in [4.78, 5) is 27.9. The Kier molecular flexibility index (Phi) is 7.37. The number of aliphatic carboxylic acids is 1. The van der Waals surface area contributed by atoms with E-state index in [0.29, 0.717) is 35.9 Å². The predicted octanol–water partition coefficient (Wildman–Crippen LogP) is 4.64. The number of anilines is 1. The van der Waals surface area contributed by atoms with Crippen LogP contribution < -0.4 is 14.8 Å². The van der Waals surface area contributed by atoms with E-state index in [2.05, 4.69) is 20.5 Å². The van der Waals surface area contributed by atoms with Crippen molar-refractivity contribution in [1.29, 1.82) is 0 Å². The zero-order valence-electron chi connectivity index (χ0n) is 19.0. The van der Waals surface area contributed by atoms with E-state index in [1.54, 1.807) is 36.5 Å². The van der Waals surface area contributed by atoms with Crippen LogP contribution in [0.1, 0.15) is 23.3 Å². The summed E-state index contributed by atoms with van der Waals surface area (Å²) in [5.74, 6) is -0.0714. The number of rotatable bonds is 10. The number of nitrogens with zero attached hydrogens (tertiary/aromatic N) is 2. The van der Waals surface area contributed by atoms with E-state index in [1.807, 2.05) is 36.4 Å². The van der Waals surface area contributed by atoms with Gasteiger partial charge >= 0.3 is 5.97 Å². The summed E-state index contributed by atoms with van der Waals surface area (Å²) in [6.07, 6.45) is 2.12. The van der Waals surface area contributed by atoms with Crippen molar-refractivity contribution in [2.24, 2.45) is 0 Å². The lowest BCUT2D eigenvalue weighted by Crippen LogP contribution is -2.14. The molecule has 178 valence electrons. The first-order chi connectivity index (χ1) is 17.0. The topological polar surface area (TPSA) is 126 Å². The van der Waals surface area contributed by atoms with Crippen LogP contribution >= 0.6 is 0 Å². The number of benzene rings is 2. The average Bonchev–Trinajstić information content (AvgIpc) is 3.42. The molecule has 0 spiro atoms. The van der Waals surface area contributed by atoms with Crippen molar-refractivity contribution in [2.75, 3.05) is 19.0 Å². The molecule has 0 aliphatic carbocycles. The fraction of sp³-hybridized carbons (Fsp3) is 0.154. The van der Waals surface area contributed by atoms with E-state index in [-0.39, 0.29) is 18.0 Å². The van der Waals surface area contributed by atoms with Gasteiger partial charge < -0.3 is 19.9 Å². The molecule has 1 amide bonds. The van der Waals surface area contributed by atoms with Gasteiger partial charge in [0.05, 0.1) is 30.8 Å². The largest absolute Gasteiger partial charge is 0.495 e. The van der Waals surface area contributed by atoms with Crippen LogP contribution in [0, 0.1) is 0 Å². The van der Waals surface area contributed by atoms with Crippen LogP contribution in [0.3, 0.4) is 0 Å². The zero-order chi connectivity index (χ0) is 24.6. The Morgan fingerprint density at radius 2 is 1.86 bits per heavy atom. The molecule has 0 fully saturated rings. The molecule has 2 aromatic heterocycles. The van der Waals surface area contributed by atoms with Crippen LogP contribution in [0.15, 0.2) is 72.9 Å². The number of pyridine rings is 1. The number of aromatic nitrogens is 3. The Labute approximate surface area is 201 Å². The minimum Gasteiger partial charge on any atom is -0.495 e. The second kappa shape index (κ2) is 11.0. The molecule has 0 atom stereocenters. The highest BCUT2D eigenvalue weighted by Gasteiger charge is 2.14. The molecule has 0 unspecified atom stereocenters. The van der Waals surface area contributed by atoms with E-state index in [9.17, 15) is 9.59 Å². The lowest BCUT2D eigenvalue weighted by molar-refractivity contribution is -0.137. The van der Waals surface area contributed by atoms with Crippen molar-refractivity contribution < 1.29 is 24.2 Å². The highest BCUT2D eigenvalue weighted by atomic mass is 16.5. The number of H-pyrrole nitrogens is 1. The first-order valence-corrected chi connectivity index (χ1v) is 10.9. The number of hydrogen-bond donors (Lipinski definition) is 3. The Balaban J connectivity index is 1.48. The average molecular weight is 473 g/mol. The summed E-state index contributed by atoms with van der Waals surface area (Å²) < 4.78 is 11.2. The molecule has 2 aromatic carbocycles. The third-order valence-corrected chi connectivity index (χ3v) is 5.18. The maximum atomic E-state index is 12.9. The van der Waals surface area contributed by atoms with E-state index in [0.717, 1.165) is 16.8 Å². The first-order valence-electron chi connectivity index (χ1n) is 10.9. The Bertz CT molecular complexity index is 1320. The lowest BCUT2D eigenvalue weighted by Gasteiger charge is -2.13. The molecular formula is C26H24N4O5. The lowest BCUT2D eigenvalue weighted by atomic mass is 10.0. The number of carbonyl (C=O) groups excluding carboxylic acids is 1. The fourth-order valence-corrected chi connectivity index (χ4v) is 3.45. The molecule has 9 heteroatoms. The van der Waals surface area contributed by atoms with Crippen molar-refractivity contribution in [2.45, 2.75) is 12.8 Å². The number of carboxylic acid groups (broad SMARTS) is 1. The number of aromatic amines is 1. The summed E-state index contributed by atoms with van der Waals surface area (Å²) >= 11 is 0. The standard InChI is InChI=1S/C26H24N4O5/c1-34-24-16-18(17-5-2-6-19(15-17)35-14-4-9-25(31)32)10-11-22(24)29-26(33)23-8-3-7-20(28-23)21-12-13-27-30-21/h2-3,5-8,10-13,15-16H,4,9,14H2,1H3,(H,27,30)(H,29,33)(H,31,32). The molecule has 35 heavy (non-hydrogen) atoms. The van der Waals surface area contributed by atoms with Gasteiger partial charge in [-0.25, -0.2) is 4.98 Å². The highest BCUT2D eigenvalue weighted by Crippen LogP contribution is 2.32. The molecule has 9 nitrogen and oxygen atoms in total. The van der Waals surface area contributed by atoms with Crippen LogP contribution in [0.4, 0.5) is 5.69 Å². The number of carboxylic acids is 1. The van der Waals surface area contributed by atoms with E-state index in [1.165, 1.54) is 7.11 Å². The van der Waals surface area contributed by atoms with Gasteiger partial charge in [0.15, 0.2) is 0 Å². The SMILES string of the molecule is COc1cc(-c2cccc(OCCCC(=O)O)c2)ccc1NC(=O)c1cccc(-c2ccn[nH]2)n1. The van der Waals surface area contributed by atoms with Crippen LogP contribution in [0.2, 0.25) is 0 Å². The molecule has 3 N–H and O–H groups in total. The normalized spacial score (nSPS) is 10.5. The molecule has 0 aliphatic rings. The van der Waals surface area contributed by atoms with Crippen LogP contribution in [-0.2, 0) is 4.79 Å². The van der Waals surface area contributed by atoms with Crippen molar-refractivity contribution >= 4 is 17.6 Å². The van der Waals surface area contributed by atoms with Gasteiger partial charge in [0.25, 0.3) is 5.91 Å². The van der Waals surface area contributed by atoms with Gasteiger partial charge in [0.1, 0.15) is 17.2 Å². The monoisotopic (exact) mass is 472 g/mol. The molecule has 0 saturated heterocycles. The molecule has 0 radical (unpaired) electrons. The summed E-state index contributed by atoms with van der Waals surface area (Å²) in [5, 5.41) is 18.4. The fourth-order valence-electron chi connectivity index (χ4n) is 3.45. The molecule has 0 saturated carbocycles. The third kappa shape index (κ3) is 6.02. The van der Waals surface area contributed by atoms with Gasteiger partial charge in [0.2, 0.25) is 0 Å². The minimum absolute atomic E-state index is 0.0626. The van der Waals surface area contributed by atoms with Gasteiger partial charge in [-0.3, -0.25) is 14.7 Å².